The summed E-state index contributed by atoms with van der Waals surface area (Å²) in [6.07, 6.45) is 0. The van der Waals surface area contributed by atoms with Crippen molar-refractivity contribution in [2.75, 3.05) is 0 Å². The van der Waals surface area contributed by atoms with Gasteiger partial charge in [0.1, 0.15) is 14.4 Å². The van der Waals surface area contributed by atoms with Crippen LogP contribution in [-0.2, 0) is 0 Å². The molecular weight excluding hydrogens is 610 g/mol. The Morgan fingerprint density at radius 2 is 0.611 bits per heavy atom. The Morgan fingerprint density at radius 3 is 0.944 bits per heavy atom. The maximum Gasteiger partial charge on any atom is 0.256 e. The van der Waals surface area contributed by atoms with Gasteiger partial charge >= 0.3 is 0 Å². The molecule has 1 aliphatic heterocycles. The minimum absolute atomic E-state index is 0.901. The summed E-state index contributed by atoms with van der Waals surface area (Å²) in [7, 11) is -6.00. The molecule has 1 heterocycles. The smallest absolute Gasteiger partial charge is 0.223 e. The SMILES string of the molecule is ClP1(Cl)=NP(Cl)(Cl)=NP(c2ccccc2)(c2ccccc2)=NP(c2ccccc2)(c2ccccc2)=N1. The number of hydrogen-bond donors (Lipinski definition) is 0. The van der Waals surface area contributed by atoms with Crippen molar-refractivity contribution in [2.45, 2.75) is 0 Å². The molecule has 4 aromatic carbocycles. The van der Waals surface area contributed by atoms with Crippen LogP contribution in [0, 0.1) is 0 Å². The molecule has 0 N–H and O–H groups in total. The maximum atomic E-state index is 6.82. The Bertz CT molecular complexity index is 1420. The van der Waals surface area contributed by atoms with Gasteiger partial charge in [-0.3, -0.25) is 0 Å². The molecule has 0 fully saturated rings. The average molecular weight is 630 g/mol. The van der Waals surface area contributed by atoms with Crippen LogP contribution in [0.5, 0.6) is 0 Å². The lowest BCUT2D eigenvalue weighted by molar-refractivity contribution is 1.65. The van der Waals surface area contributed by atoms with E-state index in [4.69, 9.17) is 58.5 Å². The highest BCUT2D eigenvalue weighted by Crippen LogP contribution is 2.83. The fraction of sp³-hybridized carbons (Fsp3) is 0. The van der Waals surface area contributed by atoms with Gasteiger partial charge in [0.25, 0.3) is 11.8 Å². The molecule has 0 aliphatic carbocycles. The normalized spacial score (nSPS) is 19.2. The fourth-order valence-corrected chi connectivity index (χ4v) is 25.4. The van der Waals surface area contributed by atoms with E-state index in [1.165, 1.54) is 0 Å². The van der Waals surface area contributed by atoms with Gasteiger partial charge in [0.2, 0.25) is 0 Å². The summed E-state index contributed by atoms with van der Waals surface area (Å²) in [4.78, 5) is 0. The molecule has 1 aliphatic rings. The fourth-order valence-electron chi connectivity index (χ4n) is 3.95. The van der Waals surface area contributed by atoms with E-state index in [9.17, 15) is 0 Å². The quantitative estimate of drug-likeness (QED) is 0.202. The third-order valence-electron chi connectivity index (χ3n) is 5.41. The maximum absolute atomic E-state index is 6.82. The minimum Gasteiger partial charge on any atom is -0.223 e. The van der Waals surface area contributed by atoms with Crippen molar-refractivity contribution in [2.24, 2.45) is 18.1 Å². The molecule has 5 rings (SSSR count). The van der Waals surface area contributed by atoms with E-state index < -0.39 is 26.2 Å². The minimum atomic E-state index is -3.36. The van der Waals surface area contributed by atoms with Gasteiger partial charge in [0, 0.05) is 21.2 Å². The number of rotatable bonds is 4. The topological polar surface area (TPSA) is 49.4 Å². The summed E-state index contributed by atoms with van der Waals surface area (Å²) in [5.74, 6) is -6.72. The van der Waals surface area contributed by atoms with E-state index in [0.29, 0.717) is 0 Å². The highest BCUT2D eigenvalue weighted by molar-refractivity contribution is 8.20. The van der Waals surface area contributed by atoms with Gasteiger partial charge in [-0.05, 0) is 45.0 Å². The summed E-state index contributed by atoms with van der Waals surface area (Å²) in [6.45, 7) is 0. The Labute approximate surface area is 230 Å². The first-order chi connectivity index (χ1) is 17.2. The van der Waals surface area contributed by atoms with Crippen molar-refractivity contribution in [3.05, 3.63) is 121 Å². The van der Waals surface area contributed by atoms with Gasteiger partial charge in [-0.15, -0.1) is 0 Å². The van der Waals surface area contributed by atoms with Gasteiger partial charge in [0.05, 0.1) is 0 Å². The summed E-state index contributed by atoms with van der Waals surface area (Å²) >= 11 is 27.3. The van der Waals surface area contributed by atoms with E-state index in [1.807, 2.05) is 121 Å². The van der Waals surface area contributed by atoms with Crippen LogP contribution in [0.15, 0.2) is 139 Å². The Hall–Kier alpha value is -1.04. The number of halogens is 4. The van der Waals surface area contributed by atoms with Crippen LogP contribution in [0.4, 0.5) is 0 Å². The Kier molecular flexibility index (Phi) is 7.83. The molecule has 0 atom stereocenters. The van der Waals surface area contributed by atoms with Crippen LogP contribution in [-0.4, -0.2) is 0 Å². The highest BCUT2D eigenvalue weighted by atomic mass is 35.9. The lowest BCUT2D eigenvalue weighted by Crippen LogP contribution is -2.19. The van der Waals surface area contributed by atoms with Crippen molar-refractivity contribution in [1.29, 1.82) is 0 Å². The van der Waals surface area contributed by atoms with Gasteiger partial charge in [-0.2, -0.15) is 4.52 Å². The summed E-state index contributed by atoms with van der Waals surface area (Å²) in [5.41, 5.74) is 0. The third kappa shape index (κ3) is 5.40. The second kappa shape index (κ2) is 10.6. The highest BCUT2D eigenvalue weighted by Gasteiger charge is 2.38. The molecule has 4 aromatic rings. The Morgan fingerprint density at radius 1 is 0.333 bits per heavy atom. The van der Waals surface area contributed by atoms with Crippen LogP contribution in [0.3, 0.4) is 0 Å². The first kappa shape index (κ1) is 26.6. The van der Waals surface area contributed by atoms with Crippen molar-refractivity contribution < 1.29 is 0 Å². The van der Waals surface area contributed by atoms with Crippen LogP contribution in [0.2, 0.25) is 0 Å². The van der Waals surface area contributed by atoms with E-state index in [-0.39, 0.29) is 0 Å². The first-order valence-corrected chi connectivity index (χ1v) is 21.2. The van der Waals surface area contributed by atoms with Crippen LogP contribution in [0.1, 0.15) is 0 Å². The molecule has 12 heteroatoms. The van der Waals surface area contributed by atoms with Gasteiger partial charge in [-0.1, -0.05) is 121 Å². The zero-order valence-electron chi connectivity index (χ0n) is 18.6. The molecule has 0 radical (unpaired) electrons. The average Bonchev–Trinajstić information content (AvgIpc) is 2.88. The van der Waals surface area contributed by atoms with Crippen molar-refractivity contribution in [3.63, 3.8) is 0 Å². The molecule has 0 spiro atoms. The second-order valence-electron chi connectivity index (χ2n) is 7.81. The van der Waals surface area contributed by atoms with Crippen molar-refractivity contribution >= 4 is 92.4 Å². The summed E-state index contributed by atoms with van der Waals surface area (Å²) in [5, 5.41) is 3.61. The molecule has 36 heavy (non-hydrogen) atoms. The van der Waals surface area contributed by atoms with Crippen LogP contribution < -0.4 is 21.2 Å². The van der Waals surface area contributed by atoms with Crippen LogP contribution >= 0.6 is 71.2 Å². The standard InChI is InChI=1S/C24H20Cl4N4P4/c25-35(26)30-33(21-13-5-1-6-14-21,22-15-7-2-8-16-22)29-34(31-36(27,28)32-35,23-17-9-3-10-18-23)24-19-11-4-12-20-24/h1-20H. The van der Waals surface area contributed by atoms with E-state index >= 15 is 0 Å². The first-order valence-electron chi connectivity index (χ1n) is 10.8. The van der Waals surface area contributed by atoms with Crippen molar-refractivity contribution in [1.82, 2.24) is 0 Å². The molecule has 0 unspecified atom stereocenters. The lowest BCUT2D eigenvalue weighted by atomic mass is 10.4. The Balaban J connectivity index is 2.09. The zero-order chi connectivity index (χ0) is 25.3. The summed E-state index contributed by atoms with van der Waals surface area (Å²) in [6, 6.07) is 39.6. The van der Waals surface area contributed by atoms with Crippen molar-refractivity contribution in [3.8, 4) is 0 Å². The third-order valence-corrected chi connectivity index (χ3v) is 21.9. The van der Waals surface area contributed by atoms with Gasteiger partial charge < -0.3 is 0 Å². The molecular formula is C24H20Cl4N4P4. The molecule has 0 amide bonds. The summed E-state index contributed by atoms with van der Waals surface area (Å²) < 4.78 is 20.5. The monoisotopic (exact) mass is 628 g/mol. The molecule has 0 saturated carbocycles. The van der Waals surface area contributed by atoms with E-state index in [1.54, 1.807) is 0 Å². The van der Waals surface area contributed by atoms with Gasteiger partial charge in [-0.25, -0.2) is 13.5 Å². The van der Waals surface area contributed by atoms with Crippen LogP contribution in [0.25, 0.3) is 0 Å². The molecule has 184 valence electrons. The lowest BCUT2D eigenvalue weighted by Gasteiger charge is -2.32. The number of nitrogens with zero attached hydrogens (tertiary/aromatic N) is 4. The molecule has 0 saturated heterocycles. The van der Waals surface area contributed by atoms with E-state index in [2.05, 4.69) is 4.52 Å². The van der Waals surface area contributed by atoms with Gasteiger partial charge in [0.15, 0.2) is 0 Å². The van der Waals surface area contributed by atoms with E-state index in [0.717, 1.165) is 21.2 Å². The predicted molar refractivity (Wildman–Crippen MR) is 165 cm³/mol. The largest absolute Gasteiger partial charge is 0.256 e. The molecule has 4 nitrogen and oxygen atoms in total. The molecule has 0 bridgehead atoms. The number of hydrogen-bond acceptors (Lipinski definition) is 4. The number of benzene rings is 4. The zero-order valence-corrected chi connectivity index (χ0v) is 25.2. The second-order valence-corrected chi connectivity index (χ2v) is 23.7. The predicted octanol–water partition coefficient (Wildman–Crippen LogP) is 10.4. The molecule has 0 aromatic heterocycles.